The molecule has 0 aliphatic carbocycles. The summed E-state index contributed by atoms with van der Waals surface area (Å²) in [6.45, 7) is 3.11. The standard InChI is InChI=1S/C24H25FN6O3S/c1-2-35(32,33)28-13-17-6-4-8-22-19(17)14-27-31(22)24-29-21-9-10-34-15-20(21)23(30-24)26-12-16-5-3-7-18(25)11-16/h3-8,11,14,28H,2,9-10,12-13,15H2,1H3,(H,26,29,30). The van der Waals surface area contributed by atoms with E-state index in [0.717, 1.165) is 33.3 Å². The highest BCUT2D eigenvalue weighted by Gasteiger charge is 2.21. The van der Waals surface area contributed by atoms with Crippen molar-refractivity contribution in [3.8, 4) is 5.95 Å². The Morgan fingerprint density at radius 1 is 1.14 bits per heavy atom. The first kappa shape index (κ1) is 23.3. The number of sulfonamides is 1. The zero-order valence-electron chi connectivity index (χ0n) is 19.2. The lowest BCUT2D eigenvalue weighted by molar-refractivity contribution is 0.109. The van der Waals surface area contributed by atoms with Gasteiger partial charge in [0.25, 0.3) is 5.95 Å². The fraction of sp³-hybridized carbons (Fsp3) is 0.292. The van der Waals surface area contributed by atoms with Crippen LogP contribution in [0.3, 0.4) is 0 Å². The van der Waals surface area contributed by atoms with Gasteiger partial charge >= 0.3 is 0 Å². The van der Waals surface area contributed by atoms with E-state index in [9.17, 15) is 12.8 Å². The zero-order chi connectivity index (χ0) is 24.4. The second kappa shape index (κ2) is 9.68. The van der Waals surface area contributed by atoms with Gasteiger partial charge in [-0.1, -0.05) is 24.3 Å². The molecule has 2 aromatic carbocycles. The number of anilines is 1. The third-order valence-corrected chi connectivity index (χ3v) is 7.26. The van der Waals surface area contributed by atoms with Crippen molar-refractivity contribution in [3.63, 3.8) is 0 Å². The SMILES string of the molecule is CCS(=O)(=O)NCc1cccc2c1cnn2-c1nc2c(c(NCc3cccc(F)c3)n1)COCC2. The van der Waals surface area contributed by atoms with Gasteiger partial charge in [-0.3, -0.25) is 0 Å². The first-order chi connectivity index (χ1) is 16.9. The lowest BCUT2D eigenvalue weighted by Crippen LogP contribution is -2.24. The number of ether oxygens (including phenoxy) is 1. The van der Waals surface area contributed by atoms with Crippen LogP contribution in [0.15, 0.2) is 48.7 Å². The molecule has 0 unspecified atom stereocenters. The third kappa shape index (κ3) is 5.02. The van der Waals surface area contributed by atoms with Gasteiger partial charge in [-0.05, 0) is 36.2 Å². The molecule has 2 N–H and O–H groups in total. The average molecular weight is 497 g/mol. The van der Waals surface area contributed by atoms with Crippen molar-refractivity contribution in [2.75, 3.05) is 17.7 Å². The molecule has 3 heterocycles. The van der Waals surface area contributed by atoms with Crippen molar-refractivity contribution in [2.24, 2.45) is 0 Å². The number of rotatable bonds is 8. The van der Waals surface area contributed by atoms with Gasteiger partial charge in [0.15, 0.2) is 0 Å². The topological polar surface area (TPSA) is 111 Å². The Kier molecular flexibility index (Phi) is 6.46. The van der Waals surface area contributed by atoms with E-state index in [1.165, 1.54) is 12.1 Å². The van der Waals surface area contributed by atoms with Crippen molar-refractivity contribution in [1.29, 1.82) is 0 Å². The molecule has 0 amide bonds. The number of nitrogens with zero attached hydrogens (tertiary/aromatic N) is 4. The first-order valence-corrected chi connectivity index (χ1v) is 13.0. The van der Waals surface area contributed by atoms with Gasteiger partial charge in [0.2, 0.25) is 10.0 Å². The van der Waals surface area contributed by atoms with E-state index in [0.29, 0.717) is 37.9 Å². The molecule has 0 saturated carbocycles. The zero-order valence-corrected chi connectivity index (χ0v) is 20.0. The Bertz CT molecular complexity index is 1490. The molecular weight excluding hydrogens is 471 g/mol. The molecular formula is C24H25FN6O3S. The Labute approximate surface area is 202 Å². The van der Waals surface area contributed by atoms with Crippen LogP contribution in [0.4, 0.5) is 10.2 Å². The molecule has 1 aliphatic rings. The fourth-order valence-corrected chi connectivity index (χ4v) is 4.59. The minimum atomic E-state index is -3.33. The van der Waals surface area contributed by atoms with Crippen LogP contribution < -0.4 is 10.0 Å². The van der Waals surface area contributed by atoms with Gasteiger partial charge in [0, 0.05) is 30.5 Å². The van der Waals surface area contributed by atoms with Gasteiger partial charge in [0.1, 0.15) is 11.6 Å². The number of halogens is 1. The van der Waals surface area contributed by atoms with Crippen molar-refractivity contribution < 1.29 is 17.5 Å². The highest BCUT2D eigenvalue weighted by molar-refractivity contribution is 7.89. The van der Waals surface area contributed by atoms with Crippen LogP contribution in [0, 0.1) is 5.82 Å². The molecule has 0 atom stereocenters. The van der Waals surface area contributed by atoms with E-state index < -0.39 is 10.0 Å². The van der Waals surface area contributed by atoms with Gasteiger partial charge in [-0.15, -0.1) is 0 Å². The predicted octanol–water partition coefficient (Wildman–Crippen LogP) is 3.08. The second-order valence-corrected chi connectivity index (χ2v) is 10.3. The van der Waals surface area contributed by atoms with E-state index in [2.05, 4.69) is 15.1 Å². The Balaban J connectivity index is 1.50. The van der Waals surface area contributed by atoms with Crippen LogP contribution in [-0.2, 0) is 40.9 Å². The summed E-state index contributed by atoms with van der Waals surface area (Å²) in [5.41, 5.74) is 4.11. The van der Waals surface area contributed by atoms with Crippen LogP contribution in [0.1, 0.15) is 29.3 Å². The summed E-state index contributed by atoms with van der Waals surface area (Å²) in [6.07, 6.45) is 2.33. The molecule has 35 heavy (non-hydrogen) atoms. The van der Waals surface area contributed by atoms with Crippen LogP contribution in [0.2, 0.25) is 0 Å². The van der Waals surface area contributed by atoms with Crippen molar-refractivity contribution in [2.45, 2.75) is 33.0 Å². The van der Waals surface area contributed by atoms with Gasteiger partial charge in [-0.2, -0.15) is 14.8 Å². The summed E-state index contributed by atoms with van der Waals surface area (Å²) in [6, 6.07) is 12.0. The summed E-state index contributed by atoms with van der Waals surface area (Å²) in [5.74, 6) is 0.733. The minimum Gasteiger partial charge on any atom is -0.376 e. The monoisotopic (exact) mass is 496 g/mol. The molecule has 5 rings (SSSR count). The molecule has 2 aromatic heterocycles. The maximum absolute atomic E-state index is 13.6. The van der Waals surface area contributed by atoms with E-state index in [1.54, 1.807) is 23.9 Å². The lowest BCUT2D eigenvalue weighted by atomic mass is 10.1. The van der Waals surface area contributed by atoms with Crippen LogP contribution in [-0.4, -0.2) is 40.5 Å². The molecule has 0 saturated heterocycles. The van der Waals surface area contributed by atoms with Gasteiger partial charge in [-0.25, -0.2) is 22.5 Å². The maximum Gasteiger partial charge on any atom is 0.253 e. The minimum absolute atomic E-state index is 0.0142. The van der Waals surface area contributed by atoms with Gasteiger partial charge in [0.05, 0.1) is 36.4 Å². The maximum atomic E-state index is 13.6. The Hall–Kier alpha value is -3.41. The number of aromatic nitrogens is 4. The number of fused-ring (bicyclic) bond motifs is 2. The van der Waals surface area contributed by atoms with Crippen LogP contribution in [0.25, 0.3) is 16.9 Å². The van der Waals surface area contributed by atoms with E-state index in [-0.39, 0.29) is 18.1 Å². The molecule has 0 bridgehead atoms. The summed E-state index contributed by atoms with van der Waals surface area (Å²) in [7, 11) is -3.33. The summed E-state index contributed by atoms with van der Waals surface area (Å²) >= 11 is 0. The van der Waals surface area contributed by atoms with E-state index in [1.807, 2.05) is 24.3 Å². The van der Waals surface area contributed by atoms with Crippen molar-refractivity contribution >= 4 is 26.7 Å². The molecule has 1 aliphatic heterocycles. The first-order valence-electron chi connectivity index (χ1n) is 11.3. The third-order valence-electron chi connectivity index (χ3n) is 5.92. The predicted molar refractivity (Wildman–Crippen MR) is 130 cm³/mol. The number of hydrogen-bond acceptors (Lipinski definition) is 7. The molecule has 9 nitrogen and oxygen atoms in total. The summed E-state index contributed by atoms with van der Waals surface area (Å²) in [4.78, 5) is 9.50. The van der Waals surface area contributed by atoms with Gasteiger partial charge < -0.3 is 10.1 Å². The molecule has 0 radical (unpaired) electrons. The highest BCUT2D eigenvalue weighted by atomic mass is 32.2. The van der Waals surface area contributed by atoms with Crippen molar-refractivity contribution in [3.05, 3.63) is 76.9 Å². The average Bonchev–Trinajstić information content (AvgIpc) is 3.31. The molecule has 4 aromatic rings. The summed E-state index contributed by atoms with van der Waals surface area (Å²) < 4.78 is 47.3. The summed E-state index contributed by atoms with van der Waals surface area (Å²) in [5, 5.41) is 8.63. The molecule has 182 valence electrons. The highest BCUT2D eigenvalue weighted by Crippen LogP contribution is 2.26. The molecule has 0 fully saturated rings. The largest absolute Gasteiger partial charge is 0.376 e. The fourth-order valence-electron chi connectivity index (χ4n) is 4.01. The lowest BCUT2D eigenvalue weighted by Gasteiger charge is -2.20. The smallest absolute Gasteiger partial charge is 0.253 e. The normalized spacial score (nSPS) is 13.7. The Morgan fingerprint density at radius 3 is 2.83 bits per heavy atom. The van der Waals surface area contributed by atoms with Crippen molar-refractivity contribution in [1.82, 2.24) is 24.5 Å². The molecule has 11 heteroatoms. The molecule has 0 spiro atoms. The Morgan fingerprint density at radius 2 is 2.00 bits per heavy atom. The quantitative estimate of drug-likeness (QED) is 0.386. The van der Waals surface area contributed by atoms with E-state index >= 15 is 0 Å². The number of hydrogen-bond donors (Lipinski definition) is 2. The van der Waals surface area contributed by atoms with E-state index in [4.69, 9.17) is 14.7 Å². The van der Waals surface area contributed by atoms with Crippen LogP contribution in [0.5, 0.6) is 0 Å². The second-order valence-electron chi connectivity index (χ2n) is 8.21. The number of benzene rings is 2. The van der Waals surface area contributed by atoms with Crippen LogP contribution >= 0.6 is 0 Å². The number of nitrogens with one attached hydrogen (secondary N) is 2.